The summed E-state index contributed by atoms with van der Waals surface area (Å²) in [4.78, 5) is 13.5. The largest absolute Gasteiger partial charge is 0.355 e. The SMILES string of the molecule is CCN1CCCN(c2cc(C)nc3ncnn23)CC1. The molecule has 19 heavy (non-hydrogen) atoms. The van der Waals surface area contributed by atoms with Crippen LogP contribution < -0.4 is 4.90 Å². The Morgan fingerprint density at radius 1 is 1.21 bits per heavy atom. The molecule has 0 aromatic carbocycles. The summed E-state index contributed by atoms with van der Waals surface area (Å²) in [6, 6.07) is 2.10. The monoisotopic (exact) mass is 260 g/mol. The van der Waals surface area contributed by atoms with E-state index in [1.807, 2.05) is 11.4 Å². The maximum absolute atomic E-state index is 4.40. The van der Waals surface area contributed by atoms with Crippen molar-refractivity contribution < 1.29 is 0 Å². The van der Waals surface area contributed by atoms with E-state index in [4.69, 9.17) is 0 Å². The number of likely N-dealkylation sites (N-methyl/N-ethyl adjacent to an activating group) is 1. The van der Waals surface area contributed by atoms with Gasteiger partial charge in [0.25, 0.3) is 5.78 Å². The third-order valence-corrected chi connectivity index (χ3v) is 3.72. The van der Waals surface area contributed by atoms with E-state index in [9.17, 15) is 0 Å². The second kappa shape index (κ2) is 5.13. The molecule has 102 valence electrons. The minimum absolute atomic E-state index is 0.687. The quantitative estimate of drug-likeness (QED) is 0.805. The molecule has 1 aliphatic heterocycles. The highest BCUT2D eigenvalue weighted by molar-refractivity contribution is 5.47. The molecule has 1 fully saturated rings. The van der Waals surface area contributed by atoms with Crippen LogP contribution >= 0.6 is 0 Å². The van der Waals surface area contributed by atoms with Gasteiger partial charge in [-0.15, -0.1) is 0 Å². The average Bonchev–Trinajstić information content (AvgIpc) is 2.74. The summed E-state index contributed by atoms with van der Waals surface area (Å²) < 4.78 is 1.84. The molecule has 0 bridgehead atoms. The van der Waals surface area contributed by atoms with Gasteiger partial charge in [0.15, 0.2) is 0 Å². The molecule has 3 heterocycles. The van der Waals surface area contributed by atoms with Crippen molar-refractivity contribution in [1.29, 1.82) is 0 Å². The number of nitrogens with zero attached hydrogens (tertiary/aromatic N) is 6. The maximum atomic E-state index is 4.40. The van der Waals surface area contributed by atoms with Crippen LogP contribution in [0.25, 0.3) is 5.78 Å². The van der Waals surface area contributed by atoms with Crippen LogP contribution in [0.5, 0.6) is 0 Å². The molecule has 0 unspecified atom stereocenters. The van der Waals surface area contributed by atoms with Gasteiger partial charge in [0.05, 0.1) is 0 Å². The summed E-state index contributed by atoms with van der Waals surface area (Å²) in [5.74, 6) is 1.80. The van der Waals surface area contributed by atoms with Crippen LogP contribution in [-0.4, -0.2) is 57.2 Å². The van der Waals surface area contributed by atoms with Gasteiger partial charge in [-0.25, -0.2) is 4.98 Å². The smallest absolute Gasteiger partial charge is 0.254 e. The zero-order chi connectivity index (χ0) is 13.2. The van der Waals surface area contributed by atoms with Gasteiger partial charge in [-0.2, -0.15) is 14.6 Å². The second-order valence-electron chi connectivity index (χ2n) is 5.00. The van der Waals surface area contributed by atoms with Gasteiger partial charge in [0, 0.05) is 31.4 Å². The standard InChI is InChI=1S/C13H20N6/c1-3-17-5-4-6-18(8-7-17)12-9-11(2)16-13-14-10-15-19(12)13/h9-10H,3-8H2,1-2H3. The molecule has 6 heteroatoms. The van der Waals surface area contributed by atoms with Gasteiger partial charge in [-0.05, 0) is 26.4 Å². The van der Waals surface area contributed by atoms with Crippen LogP contribution in [0, 0.1) is 6.92 Å². The molecule has 0 radical (unpaired) electrons. The Labute approximate surface area is 113 Å². The molecule has 6 nitrogen and oxygen atoms in total. The van der Waals surface area contributed by atoms with Crippen LogP contribution in [-0.2, 0) is 0 Å². The van der Waals surface area contributed by atoms with Crippen LogP contribution in [0.2, 0.25) is 0 Å². The lowest BCUT2D eigenvalue weighted by Crippen LogP contribution is -2.31. The highest BCUT2D eigenvalue weighted by atomic mass is 15.4. The number of anilines is 1. The number of hydrogen-bond acceptors (Lipinski definition) is 5. The number of rotatable bonds is 2. The average molecular weight is 260 g/mol. The highest BCUT2D eigenvalue weighted by Gasteiger charge is 2.17. The van der Waals surface area contributed by atoms with Crippen molar-refractivity contribution in [1.82, 2.24) is 24.5 Å². The molecule has 2 aromatic rings. The van der Waals surface area contributed by atoms with E-state index in [0.29, 0.717) is 5.78 Å². The zero-order valence-corrected chi connectivity index (χ0v) is 11.6. The molecule has 0 N–H and O–H groups in total. The van der Waals surface area contributed by atoms with Gasteiger partial charge >= 0.3 is 0 Å². The predicted molar refractivity (Wildman–Crippen MR) is 74.5 cm³/mol. The highest BCUT2D eigenvalue weighted by Crippen LogP contribution is 2.17. The van der Waals surface area contributed by atoms with Gasteiger partial charge < -0.3 is 9.80 Å². The fourth-order valence-electron chi connectivity index (χ4n) is 2.65. The van der Waals surface area contributed by atoms with Crippen molar-refractivity contribution in [3.63, 3.8) is 0 Å². The third-order valence-electron chi connectivity index (χ3n) is 3.72. The Kier molecular flexibility index (Phi) is 3.33. The Balaban J connectivity index is 1.93. The van der Waals surface area contributed by atoms with Gasteiger partial charge in [-0.1, -0.05) is 6.92 Å². The van der Waals surface area contributed by atoms with E-state index in [0.717, 1.165) is 37.7 Å². The first-order valence-electron chi connectivity index (χ1n) is 6.92. The van der Waals surface area contributed by atoms with Crippen molar-refractivity contribution in [3.8, 4) is 0 Å². The van der Waals surface area contributed by atoms with Crippen LogP contribution in [0.4, 0.5) is 5.82 Å². The van der Waals surface area contributed by atoms with Gasteiger partial charge in [-0.3, -0.25) is 0 Å². The first kappa shape index (κ1) is 12.3. The molecule has 1 aliphatic rings. The molecule has 2 aromatic heterocycles. The Bertz CT molecular complexity index is 563. The molecule has 3 rings (SSSR count). The van der Waals surface area contributed by atoms with E-state index >= 15 is 0 Å². The van der Waals surface area contributed by atoms with Crippen LogP contribution in [0.15, 0.2) is 12.4 Å². The predicted octanol–water partition coefficient (Wildman–Crippen LogP) is 0.965. The number of fused-ring (bicyclic) bond motifs is 1. The normalized spacial score (nSPS) is 17.9. The van der Waals surface area contributed by atoms with E-state index in [1.54, 1.807) is 6.33 Å². The third kappa shape index (κ3) is 2.40. The van der Waals surface area contributed by atoms with Crippen LogP contribution in [0.1, 0.15) is 19.0 Å². The Hall–Kier alpha value is -1.69. The van der Waals surface area contributed by atoms with Gasteiger partial charge in [0.1, 0.15) is 12.1 Å². The summed E-state index contributed by atoms with van der Waals surface area (Å²) in [5.41, 5.74) is 0.993. The summed E-state index contributed by atoms with van der Waals surface area (Å²) >= 11 is 0. The molecule has 0 aliphatic carbocycles. The van der Waals surface area contributed by atoms with Crippen molar-refractivity contribution >= 4 is 11.6 Å². The molecular formula is C13H20N6. The lowest BCUT2D eigenvalue weighted by atomic mass is 10.3. The Morgan fingerprint density at radius 3 is 2.95 bits per heavy atom. The number of aryl methyl sites for hydroxylation is 1. The summed E-state index contributed by atoms with van der Waals surface area (Å²) in [6.45, 7) is 9.74. The summed E-state index contributed by atoms with van der Waals surface area (Å²) in [7, 11) is 0. The number of aromatic nitrogens is 4. The van der Waals surface area contributed by atoms with Crippen LogP contribution in [0.3, 0.4) is 0 Å². The lowest BCUT2D eigenvalue weighted by molar-refractivity contribution is 0.310. The molecule has 0 amide bonds. The topological polar surface area (TPSA) is 49.6 Å². The molecule has 0 spiro atoms. The van der Waals surface area contributed by atoms with E-state index in [-0.39, 0.29) is 0 Å². The molecule has 1 saturated heterocycles. The minimum atomic E-state index is 0.687. The van der Waals surface area contributed by atoms with Crippen molar-refractivity contribution in [3.05, 3.63) is 18.1 Å². The molecule has 0 saturated carbocycles. The van der Waals surface area contributed by atoms with E-state index in [2.05, 4.69) is 37.9 Å². The Morgan fingerprint density at radius 2 is 2.11 bits per heavy atom. The zero-order valence-electron chi connectivity index (χ0n) is 11.6. The van der Waals surface area contributed by atoms with Gasteiger partial charge in [0.2, 0.25) is 0 Å². The lowest BCUT2D eigenvalue weighted by Gasteiger charge is -2.23. The molecule has 0 atom stereocenters. The summed E-state index contributed by atoms with van der Waals surface area (Å²) in [5, 5.41) is 4.29. The maximum Gasteiger partial charge on any atom is 0.254 e. The minimum Gasteiger partial charge on any atom is -0.355 e. The fourth-order valence-corrected chi connectivity index (χ4v) is 2.65. The van der Waals surface area contributed by atoms with E-state index < -0.39 is 0 Å². The van der Waals surface area contributed by atoms with Crippen molar-refractivity contribution in [2.45, 2.75) is 20.3 Å². The molecular weight excluding hydrogens is 240 g/mol. The summed E-state index contributed by atoms with van der Waals surface area (Å²) in [6.07, 6.45) is 2.76. The first-order chi connectivity index (χ1) is 9.28. The second-order valence-corrected chi connectivity index (χ2v) is 5.00. The van der Waals surface area contributed by atoms with E-state index in [1.165, 1.54) is 13.0 Å². The fraction of sp³-hybridized carbons (Fsp3) is 0.615. The van der Waals surface area contributed by atoms with Crippen molar-refractivity contribution in [2.75, 3.05) is 37.6 Å². The van der Waals surface area contributed by atoms with Crippen molar-refractivity contribution in [2.24, 2.45) is 0 Å². The first-order valence-corrected chi connectivity index (χ1v) is 6.92. The number of hydrogen-bond donors (Lipinski definition) is 0.